The number of phenolic OH excluding ortho intramolecular Hbond substituents is 4. The van der Waals surface area contributed by atoms with E-state index in [0.717, 1.165) is 79.7 Å². The van der Waals surface area contributed by atoms with Gasteiger partial charge in [-0.1, -0.05) is 48.3 Å². The standard InChI is InChI=1S/C82H86Cl2N8O32/c1-28(2)85-58-34-13-37(97)21-40(15-34)116-41-16-35(14-38(98)22-41)59-76(111)90-60-36-19-51(117-48-9-5-31(11-44(48)83)12-46(73(108)88-59)87-74(58)109)72(124-80-29(3)64(101)65(102)53(25-93)120-80)52(20-36)118-49-10-7-33(18-45(49)84)71(123-81-62(86-30(4)96)68(105)66(103)54(26-94)121-81)63-78(113)91-61(79(114)115)43-23-39(99)24-50(119-82-70(107)69(106)67(104)55(27-95)122-82)56(43)42-17-32(6-8-47(42)100)57(75(110)92-63)89-77(60)112/h5-11,13-24,28-29,46,53-55,57-71,80-82,85,93-95,97-107H,12,25-27H2,1-4H3,(H,86,96)(H,87,109)(H,88,108)(H,89,112)(H,90,111)(H,91,113)(H,92,110)(H,114,115). The van der Waals surface area contributed by atoms with E-state index in [4.69, 9.17) is 65.8 Å². The van der Waals surface area contributed by atoms with Crippen molar-refractivity contribution in [2.24, 2.45) is 5.92 Å². The second-order valence-corrected chi connectivity index (χ2v) is 31.7. The Morgan fingerprint density at radius 2 is 1.05 bits per heavy atom. The number of hydrogen-bond donors (Lipinski definition) is 23. The molecule has 9 heterocycles. The van der Waals surface area contributed by atoms with Crippen LogP contribution in [0.25, 0.3) is 11.1 Å². The summed E-state index contributed by atoms with van der Waals surface area (Å²) >= 11 is 14.6. The largest absolute Gasteiger partial charge is 0.508 e. The Hall–Kier alpha value is -11.5. The topological polar surface area (TPSA) is 619 Å². The summed E-state index contributed by atoms with van der Waals surface area (Å²) in [4.78, 5) is 124. The average molecular weight is 1770 g/mol. The molecule has 9 aliphatic rings. The van der Waals surface area contributed by atoms with Crippen molar-refractivity contribution in [1.29, 1.82) is 0 Å². The molecule has 0 aromatic heterocycles. The number of ether oxygens (including phenoxy) is 9. The molecule has 9 aliphatic heterocycles. The van der Waals surface area contributed by atoms with Gasteiger partial charge in [0.15, 0.2) is 23.8 Å². The number of phenols is 4. The Morgan fingerprint density at radius 3 is 1.65 bits per heavy atom. The van der Waals surface area contributed by atoms with Gasteiger partial charge >= 0.3 is 5.97 Å². The molecule has 3 saturated heterocycles. The summed E-state index contributed by atoms with van der Waals surface area (Å²) in [5.74, 6) is -18.7. The predicted molar refractivity (Wildman–Crippen MR) is 422 cm³/mol. The van der Waals surface area contributed by atoms with Crippen molar-refractivity contribution >= 4 is 70.5 Å². The molecule has 42 heteroatoms. The lowest BCUT2D eigenvalue weighted by molar-refractivity contribution is -0.284. The summed E-state index contributed by atoms with van der Waals surface area (Å²) in [5, 5.41) is 189. The third kappa shape index (κ3) is 18.2. The number of fused-ring (bicyclic) bond motifs is 14. The van der Waals surface area contributed by atoms with Crippen LogP contribution in [0.2, 0.25) is 10.0 Å². The van der Waals surface area contributed by atoms with Gasteiger partial charge in [0.2, 0.25) is 59.7 Å². The SMILES string of the molecule is CC(=O)NC1C(OC2c3ccc(c(Cl)c3)Oc3cc4cc(c3OC3OC(CO)C(O)C(O)C3C)Oc3ccc(cc3Cl)CC3NC(=O)C(NC(C)C)c5cc(O)cc(c5)Oc5cc(O)cc(c5)C(NC3=O)C(=O)NC4C(=O)NC3C(=O)NC2C(=O)NC(C(=O)O)c2cc(O)cc(OC4OC(CO)C(O)C(O)C4O)c2-c2cc3ccc2O)OC(CO)C(O)C1O. The van der Waals surface area contributed by atoms with Crippen molar-refractivity contribution < 1.29 is 158 Å². The fourth-order valence-electron chi connectivity index (χ4n) is 15.6. The zero-order valence-corrected chi connectivity index (χ0v) is 67.1. The summed E-state index contributed by atoms with van der Waals surface area (Å²) in [6.07, 6.45) is -27.9. The number of amides is 7. The maximum absolute atomic E-state index is 16.9. The summed E-state index contributed by atoms with van der Waals surface area (Å²) in [6.45, 7) is 2.80. The van der Waals surface area contributed by atoms with Gasteiger partial charge in [-0.05, 0) is 126 Å². The number of aliphatic hydroxyl groups is 10. The Balaban J connectivity index is 1.04. The van der Waals surface area contributed by atoms with E-state index in [1.54, 1.807) is 13.8 Å². The van der Waals surface area contributed by atoms with Gasteiger partial charge in [0.1, 0.15) is 155 Å². The first kappa shape index (κ1) is 88.8. The van der Waals surface area contributed by atoms with Crippen LogP contribution in [0.3, 0.4) is 0 Å². The number of hydrogen-bond acceptors (Lipinski definition) is 32. The highest BCUT2D eigenvalue weighted by molar-refractivity contribution is 6.32. The molecule has 17 bridgehead atoms. The van der Waals surface area contributed by atoms with Gasteiger partial charge in [-0.2, -0.15) is 0 Å². The lowest BCUT2D eigenvalue weighted by Gasteiger charge is -2.44. The van der Waals surface area contributed by atoms with Gasteiger partial charge < -0.3 is 156 Å². The molecule has 23 atom stereocenters. The number of rotatable bonds is 13. The third-order valence-electron chi connectivity index (χ3n) is 21.8. The van der Waals surface area contributed by atoms with Crippen molar-refractivity contribution in [3.63, 3.8) is 0 Å². The molecule has 7 aromatic rings. The molecular formula is C82H86Cl2N8O32. The molecule has 3 fully saturated rings. The molecule has 23 N–H and O–H groups in total. The van der Waals surface area contributed by atoms with Crippen molar-refractivity contribution in [2.75, 3.05) is 19.8 Å². The van der Waals surface area contributed by atoms with Gasteiger partial charge in [0.05, 0.1) is 36.0 Å². The molecule has 0 aliphatic carbocycles. The van der Waals surface area contributed by atoms with Gasteiger partial charge in [0.25, 0.3) is 0 Å². The second kappa shape index (κ2) is 36.3. The summed E-state index contributed by atoms with van der Waals surface area (Å²) in [5.41, 5.74) is -3.39. The number of carbonyl (C=O) groups excluding carboxylic acids is 7. The minimum absolute atomic E-state index is 0.121. The minimum Gasteiger partial charge on any atom is -0.508 e. The van der Waals surface area contributed by atoms with E-state index < -0.39 is 304 Å². The van der Waals surface area contributed by atoms with Gasteiger partial charge in [-0.3, -0.25) is 38.9 Å². The lowest BCUT2D eigenvalue weighted by atomic mass is 9.89. The molecule has 7 amide bonds. The minimum atomic E-state index is -2.55. The second-order valence-electron chi connectivity index (χ2n) is 30.9. The molecule has 23 unspecified atom stereocenters. The van der Waals surface area contributed by atoms with Crippen LogP contribution < -0.4 is 66.2 Å². The Kier molecular flexibility index (Phi) is 26.0. The van der Waals surface area contributed by atoms with E-state index in [0.29, 0.717) is 0 Å². The first-order valence-corrected chi connectivity index (χ1v) is 39.5. The van der Waals surface area contributed by atoms with Crippen molar-refractivity contribution in [3.8, 4) is 80.1 Å². The highest BCUT2D eigenvalue weighted by Crippen LogP contribution is 2.51. The van der Waals surface area contributed by atoms with E-state index in [1.807, 2.05) is 0 Å². The van der Waals surface area contributed by atoms with E-state index in [2.05, 4.69) is 42.5 Å². The molecule has 124 heavy (non-hydrogen) atoms. The Labute approximate surface area is 712 Å². The number of carbonyl (C=O) groups is 8. The van der Waals surface area contributed by atoms with Gasteiger partial charge in [0, 0.05) is 60.2 Å². The smallest absolute Gasteiger partial charge is 0.330 e. The number of aliphatic carboxylic acids is 1. The van der Waals surface area contributed by atoms with Crippen molar-refractivity contribution in [3.05, 3.63) is 164 Å². The van der Waals surface area contributed by atoms with Crippen LogP contribution in [0.4, 0.5) is 0 Å². The van der Waals surface area contributed by atoms with Crippen LogP contribution in [-0.2, 0) is 63.7 Å². The summed E-state index contributed by atoms with van der Waals surface area (Å²) in [6, 6.07) is 3.42. The van der Waals surface area contributed by atoms with Crippen LogP contribution in [0, 0.1) is 5.92 Å². The molecule has 40 nitrogen and oxygen atoms in total. The van der Waals surface area contributed by atoms with Crippen LogP contribution in [0.15, 0.2) is 115 Å². The number of carboxylic acid groups (broad SMARTS) is 1. The number of nitrogens with one attached hydrogen (secondary N) is 8. The van der Waals surface area contributed by atoms with E-state index >= 15 is 28.8 Å². The first-order valence-electron chi connectivity index (χ1n) is 38.8. The fourth-order valence-corrected chi connectivity index (χ4v) is 16.0. The average Bonchev–Trinajstić information content (AvgIpc) is 0.765. The molecule has 660 valence electrons. The molecule has 0 spiro atoms. The quantitative estimate of drug-likeness (QED) is 0.0734. The zero-order valence-electron chi connectivity index (χ0n) is 65.6. The Morgan fingerprint density at radius 1 is 0.508 bits per heavy atom. The monoisotopic (exact) mass is 1760 g/mol. The van der Waals surface area contributed by atoms with Crippen molar-refractivity contribution in [2.45, 2.75) is 175 Å². The fraction of sp³-hybridized carbons (Fsp3) is 0.390. The summed E-state index contributed by atoms with van der Waals surface area (Å²) in [7, 11) is 0. The maximum Gasteiger partial charge on any atom is 0.330 e. The Bertz CT molecular complexity index is 5320. The van der Waals surface area contributed by atoms with Gasteiger partial charge in [-0.25, -0.2) is 4.79 Å². The number of carboxylic acids is 1. The van der Waals surface area contributed by atoms with Crippen molar-refractivity contribution in [1.82, 2.24) is 42.5 Å². The third-order valence-corrected chi connectivity index (χ3v) is 22.4. The lowest BCUT2D eigenvalue weighted by Crippen LogP contribution is -2.65. The summed E-state index contributed by atoms with van der Waals surface area (Å²) < 4.78 is 57.1. The van der Waals surface area contributed by atoms with Gasteiger partial charge in [-0.15, -0.1) is 0 Å². The number of aliphatic hydroxyl groups excluding tert-OH is 10. The molecule has 7 aromatic carbocycles. The highest BCUT2D eigenvalue weighted by atomic mass is 35.5. The van der Waals surface area contributed by atoms with Crippen LogP contribution in [-0.4, -0.2) is 248 Å². The zero-order chi connectivity index (χ0) is 89.0. The van der Waals surface area contributed by atoms with Crippen LogP contribution in [0.1, 0.15) is 103 Å². The number of aromatic hydroxyl groups is 4. The normalized spacial score (nSPS) is 30.1. The molecule has 0 radical (unpaired) electrons. The van der Waals surface area contributed by atoms with E-state index in [1.165, 1.54) is 49.4 Å². The first-order chi connectivity index (χ1) is 59.0. The molecule has 16 rings (SSSR count). The maximum atomic E-state index is 16.9. The van der Waals surface area contributed by atoms with Crippen LogP contribution >= 0.6 is 23.2 Å². The van der Waals surface area contributed by atoms with Crippen LogP contribution in [0.5, 0.6) is 69.0 Å². The number of halogens is 2. The highest BCUT2D eigenvalue weighted by Gasteiger charge is 2.52. The van der Waals surface area contributed by atoms with E-state index in [-0.39, 0.29) is 44.5 Å². The van der Waals surface area contributed by atoms with E-state index in [9.17, 15) is 86.2 Å². The predicted octanol–water partition coefficient (Wildman–Crippen LogP) is 0.214. The molecular weight excluding hydrogens is 1680 g/mol. The molecule has 0 saturated carbocycles. The number of benzene rings is 7.